The number of aromatic nitrogens is 1. The summed E-state index contributed by atoms with van der Waals surface area (Å²) < 4.78 is 0. The zero-order chi connectivity index (χ0) is 22.1. The third kappa shape index (κ3) is 2.60. The molecule has 5 aromatic carbocycles. The van der Waals surface area contributed by atoms with Crippen molar-refractivity contribution in [3.05, 3.63) is 108 Å². The van der Waals surface area contributed by atoms with E-state index in [2.05, 4.69) is 116 Å². The van der Waals surface area contributed by atoms with Crippen LogP contribution in [0.1, 0.15) is 11.1 Å². The highest BCUT2D eigenvalue weighted by Gasteiger charge is 2.25. The van der Waals surface area contributed by atoms with Crippen LogP contribution in [0.2, 0.25) is 0 Å². The van der Waals surface area contributed by atoms with E-state index in [9.17, 15) is 0 Å². The zero-order valence-electron chi connectivity index (χ0n) is 18.7. The smallest absolute Gasteiger partial charge is 0.0551 e. The summed E-state index contributed by atoms with van der Waals surface area (Å²) in [6.07, 6.45) is 0. The molecule has 1 heterocycles. The molecule has 1 aliphatic rings. The zero-order valence-corrected chi connectivity index (χ0v) is 18.7. The van der Waals surface area contributed by atoms with Gasteiger partial charge in [-0.2, -0.15) is 0 Å². The quantitative estimate of drug-likeness (QED) is 0.287. The first-order chi connectivity index (χ1) is 16.2. The Bertz CT molecular complexity index is 1730. The Morgan fingerprint density at radius 3 is 2.06 bits per heavy atom. The van der Waals surface area contributed by atoms with E-state index in [0.29, 0.717) is 0 Å². The SMILES string of the molecule is Cc1ccccc1-c1ccc(-c2ccc3c4c([nH]c3c2)-c2cccc3cccc-4c23)cc1C. The van der Waals surface area contributed by atoms with Gasteiger partial charge in [0, 0.05) is 22.0 Å². The van der Waals surface area contributed by atoms with Crippen molar-refractivity contribution in [2.45, 2.75) is 13.8 Å². The maximum Gasteiger partial charge on any atom is 0.0551 e. The average Bonchev–Trinajstić information content (AvgIpc) is 3.36. The van der Waals surface area contributed by atoms with Gasteiger partial charge in [-0.1, -0.05) is 91.0 Å². The summed E-state index contributed by atoms with van der Waals surface area (Å²) in [5.41, 5.74) is 14.2. The summed E-state index contributed by atoms with van der Waals surface area (Å²) in [6, 6.07) is 35.5. The number of rotatable bonds is 2. The van der Waals surface area contributed by atoms with Gasteiger partial charge in [0.15, 0.2) is 0 Å². The van der Waals surface area contributed by atoms with Gasteiger partial charge in [-0.15, -0.1) is 0 Å². The summed E-state index contributed by atoms with van der Waals surface area (Å²) in [6.45, 7) is 4.39. The van der Waals surface area contributed by atoms with Crippen LogP contribution in [0.15, 0.2) is 97.1 Å². The van der Waals surface area contributed by atoms with Gasteiger partial charge in [0.25, 0.3) is 0 Å². The third-order valence-electron chi connectivity index (χ3n) is 7.24. The number of fused-ring (bicyclic) bond motifs is 5. The molecule has 1 heteroatoms. The van der Waals surface area contributed by atoms with E-state index >= 15 is 0 Å². The van der Waals surface area contributed by atoms with E-state index in [-0.39, 0.29) is 0 Å². The largest absolute Gasteiger partial charge is 0.354 e. The van der Waals surface area contributed by atoms with Crippen molar-refractivity contribution >= 4 is 21.7 Å². The van der Waals surface area contributed by atoms with Crippen molar-refractivity contribution < 1.29 is 0 Å². The molecule has 0 radical (unpaired) electrons. The van der Waals surface area contributed by atoms with Gasteiger partial charge in [0.05, 0.1) is 5.69 Å². The van der Waals surface area contributed by atoms with E-state index in [4.69, 9.17) is 0 Å². The number of aromatic amines is 1. The predicted molar refractivity (Wildman–Crippen MR) is 141 cm³/mol. The van der Waals surface area contributed by atoms with Gasteiger partial charge in [0.1, 0.15) is 0 Å². The molecule has 6 aromatic rings. The van der Waals surface area contributed by atoms with Crippen LogP contribution >= 0.6 is 0 Å². The minimum absolute atomic E-state index is 1.20. The maximum atomic E-state index is 3.75. The number of benzene rings is 5. The third-order valence-corrected chi connectivity index (χ3v) is 7.24. The van der Waals surface area contributed by atoms with Crippen LogP contribution in [0.4, 0.5) is 0 Å². The van der Waals surface area contributed by atoms with Crippen LogP contribution in [-0.2, 0) is 0 Å². The molecule has 156 valence electrons. The molecule has 1 aliphatic carbocycles. The van der Waals surface area contributed by atoms with Gasteiger partial charge in [-0.05, 0) is 69.6 Å². The normalized spacial score (nSPS) is 11.9. The number of nitrogens with one attached hydrogen (secondary N) is 1. The van der Waals surface area contributed by atoms with Crippen molar-refractivity contribution in [3.63, 3.8) is 0 Å². The van der Waals surface area contributed by atoms with Crippen LogP contribution in [0.3, 0.4) is 0 Å². The molecule has 33 heavy (non-hydrogen) atoms. The minimum Gasteiger partial charge on any atom is -0.354 e. The van der Waals surface area contributed by atoms with Crippen molar-refractivity contribution in [3.8, 4) is 44.6 Å². The Hall–Kier alpha value is -4.10. The molecular formula is C32H23N. The van der Waals surface area contributed by atoms with Crippen LogP contribution in [0.25, 0.3) is 66.3 Å². The molecule has 0 fully saturated rings. The second-order valence-electron chi connectivity index (χ2n) is 9.19. The summed E-state index contributed by atoms with van der Waals surface area (Å²) >= 11 is 0. The van der Waals surface area contributed by atoms with Crippen LogP contribution in [0.5, 0.6) is 0 Å². The summed E-state index contributed by atoms with van der Waals surface area (Å²) in [4.78, 5) is 3.75. The Kier molecular flexibility index (Phi) is 3.75. The molecule has 0 saturated heterocycles. The predicted octanol–water partition coefficient (Wildman–Crippen LogP) is 8.92. The molecule has 0 aliphatic heterocycles. The molecule has 1 nitrogen and oxygen atoms in total. The molecule has 0 unspecified atom stereocenters. The van der Waals surface area contributed by atoms with E-state index in [1.807, 2.05) is 0 Å². The fraction of sp³-hybridized carbons (Fsp3) is 0.0625. The van der Waals surface area contributed by atoms with E-state index < -0.39 is 0 Å². The number of hydrogen-bond donors (Lipinski definition) is 1. The fourth-order valence-electron chi connectivity index (χ4n) is 5.64. The molecule has 1 aromatic heterocycles. The second kappa shape index (κ2) is 6.70. The van der Waals surface area contributed by atoms with Crippen molar-refractivity contribution in [1.82, 2.24) is 4.98 Å². The van der Waals surface area contributed by atoms with Crippen LogP contribution in [0, 0.1) is 13.8 Å². The number of aryl methyl sites for hydroxylation is 2. The van der Waals surface area contributed by atoms with Crippen molar-refractivity contribution in [2.75, 3.05) is 0 Å². The lowest BCUT2D eigenvalue weighted by Crippen LogP contribution is -1.88. The Balaban J connectivity index is 1.36. The topological polar surface area (TPSA) is 15.8 Å². The lowest BCUT2D eigenvalue weighted by Gasteiger charge is -2.12. The Morgan fingerprint density at radius 1 is 0.545 bits per heavy atom. The average molecular weight is 422 g/mol. The maximum absolute atomic E-state index is 3.75. The van der Waals surface area contributed by atoms with E-state index in [0.717, 1.165) is 0 Å². The molecular weight excluding hydrogens is 398 g/mol. The molecule has 0 amide bonds. The summed E-state index contributed by atoms with van der Waals surface area (Å²) in [5.74, 6) is 0. The molecule has 0 atom stereocenters. The molecule has 7 rings (SSSR count). The molecule has 0 spiro atoms. The molecule has 0 saturated carbocycles. The fourth-order valence-corrected chi connectivity index (χ4v) is 5.64. The highest BCUT2D eigenvalue weighted by atomic mass is 14.7. The standard InChI is InChI=1S/C32H23N/c1-19-7-3-4-10-24(19)25-15-13-22(17-20(25)2)23-14-16-26-29(18-23)33-32-28-12-6-9-21-8-5-11-27(30(21)28)31(26)32/h3-18,33H,1-2H3. The highest BCUT2D eigenvalue weighted by Crippen LogP contribution is 2.50. The van der Waals surface area contributed by atoms with E-state index in [1.165, 1.54) is 77.4 Å². The second-order valence-corrected chi connectivity index (χ2v) is 9.19. The first kappa shape index (κ1) is 18.5. The van der Waals surface area contributed by atoms with Gasteiger partial charge >= 0.3 is 0 Å². The Labute approximate surface area is 193 Å². The monoisotopic (exact) mass is 421 g/mol. The molecule has 1 N–H and O–H groups in total. The summed E-state index contributed by atoms with van der Waals surface area (Å²) in [5, 5.41) is 3.98. The molecule has 0 bridgehead atoms. The first-order valence-electron chi connectivity index (χ1n) is 11.5. The van der Waals surface area contributed by atoms with Crippen LogP contribution in [-0.4, -0.2) is 4.98 Å². The van der Waals surface area contributed by atoms with Gasteiger partial charge in [0.2, 0.25) is 0 Å². The summed E-state index contributed by atoms with van der Waals surface area (Å²) in [7, 11) is 0. The lowest BCUT2D eigenvalue weighted by atomic mass is 9.93. The van der Waals surface area contributed by atoms with Gasteiger partial charge in [-0.3, -0.25) is 0 Å². The number of H-pyrrole nitrogens is 1. The minimum atomic E-state index is 1.20. The first-order valence-corrected chi connectivity index (χ1v) is 11.5. The van der Waals surface area contributed by atoms with Gasteiger partial charge in [-0.25, -0.2) is 0 Å². The van der Waals surface area contributed by atoms with Gasteiger partial charge < -0.3 is 4.98 Å². The highest BCUT2D eigenvalue weighted by molar-refractivity contribution is 6.21. The van der Waals surface area contributed by atoms with Crippen molar-refractivity contribution in [2.24, 2.45) is 0 Å². The lowest BCUT2D eigenvalue weighted by molar-refractivity contribution is 1.41. The van der Waals surface area contributed by atoms with Crippen LogP contribution < -0.4 is 0 Å². The number of hydrogen-bond acceptors (Lipinski definition) is 0. The Morgan fingerprint density at radius 2 is 1.24 bits per heavy atom. The van der Waals surface area contributed by atoms with Crippen molar-refractivity contribution in [1.29, 1.82) is 0 Å². The van der Waals surface area contributed by atoms with E-state index in [1.54, 1.807) is 0 Å².